The summed E-state index contributed by atoms with van der Waals surface area (Å²) >= 11 is 0. The van der Waals surface area contributed by atoms with Gasteiger partial charge in [-0.3, -0.25) is 14.9 Å². The first kappa shape index (κ1) is 19.5. The van der Waals surface area contributed by atoms with Crippen LogP contribution in [-0.2, 0) is 0 Å². The van der Waals surface area contributed by atoms with Crippen molar-refractivity contribution < 1.29 is 31.7 Å². The molecule has 0 atom stereocenters. The van der Waals surface area contributed by atoms with Crippen molar-refractivity contribution in [3.8, 4) is 0 Å². The molecule has 1 amide bonds. The summed E-state index contributed by atoms with van der Waals surface area (Å²) in [6.45, 7) is -0.376. The first-order chi connectivity index (χ1) is 13.2. The first-order valence-electron chi connectivity index (χ1n) is 8.02. The molecule has 3 rings (SSSR count). The monoisotopic (exact) mass is 401 g/mol. The SMILES string of the molecule is O=C(c1ccc([N+](=O)[O-])cc1)N1CCN(c2c(F)c(F)c(F)c(F)c2F)CC1. The van der Waals surface area contributed by atoms with Crippen LogP contribution in [0.4, 0.5) is 33.3 Å². The summed E-state index contributed by atoms with van der Waals surface area (Å²) in [7, 11) is 0. The van der Waals surface area contributed by atoms with E-state index in [-0.39, 0.29) is 37.4 Å². The Bertz CT molecular complexity index is 915. The first-order valence-corrected chi connectivity index (χ1v) is 8.02. The number of carbonyl (C=O) groups excluding carboxylic acids is 1. The van der Waals surface area contributed by atoms with Crippen molar-refractivity contribution in [2.75, 3.05) is 31.1 Å². The molecule has 1 saturated heterocycles. The normalized spacial score (nSPS) is 14.3. The summed E-state index contributed by atoms with van der Waals surface area (Å²) in [5, 5.41) is 10.6. The standard InChI is InChI=1S/C17H12F5N3O3/c18-11-12(19)14(21)16(15(22)13(11)20)23-5-7-24(8-6-23)17(26)9-1-3-10(4-2-9)25(27)28/h1-4H,5-8H2. The lowest BCUT2D eigenvalue weighted by atomic mass is 10.1. The van der Waals surface area contributed by atoms with Crippen molar-refractivity contribution in [2.45, 2.75) is 0 Å². The highest BCUT2D eigenvalue weighted by molar-refractivity contribution is 5.94. The van der Waals surface area contributed by atoms with Crippen LogP contribution >= 0.6 is 0 Å². The number of benzene rings is 2. The maximum Gasteiger partial charge on any atom is 0.269 e. The molecule has 1 aliphatic rings. The molecule has 2 aromatic carbocycles. The lowest BCUT2D eigenvalue weighted by Crippen LogP contribution is -2.49. The van der Waals surface area contributed by atoms with E-state index in [1.165, 1.54) is 17.0 Å². The van der Waals surface area contributed by atoms with E-state index >= 15 is 0 Å². The van der Waals surface area contributed by atoms with Crippen LogP contribution in [-0.4, -0.2) is 41.9 Å². The van der Waals surface area contributed by atoms with E-state index < -0.39 is 45.6 Å². The minimum atomic E-state index is -2.23. The molecule has 1 fully saturated rings. The Morgan fingerprint density at radius 2 is 1.29 bits per heavy atom. The van der Waals surface area contributed by atoms with E-state index in [9.17, 15) is 36.9 Å². The molecule has 0 aromatic heterocycles. The van der Waals surface area contributed by atoms with Gasteiger partial charge in [-0.25, -0.2) is 22.0 Å². The number of halogens is 5. The molecule has 0 radical (unpaired) electrons. The maximum absolute atomic E-state index is 13.9. The van der Waals surface area contributed by atoms with Gasteiger partial charge in [-0.05, 0) is 12.1 Å². The average Bonchev–Trinajstić information content (AvgIpc) is 2.71. The summed E-state index contributed by atoms with van der Waals surface area (Å²) in [4.78, 5) is 24.8. The molecule has 6 nitrogen and oxygen atoms in total. The zero-order chi connectivity index (χ0) is 20.6. The maximum atomic E-state index is 13.9. The van der Waals surface area contributed by atoms with Crippen LogP contribution in [0.1, 0.15) is 10.4 Å². The number of anilines is 1. The van der Waals surface area contributed by atoms with Crippen LogP contribution < -0.4 is 4.90 Å². The van der Waals surface area contributed by atoms with Crippen molar-refractivity contribution in [3.05, 3.63) is 69.0 Å². The van der Waals surface area contributed by atoms with Gasteiger partial charge in [0.05, 0.1) is 4.92 Å². The van der Waals surface area contributed by atoms with Gasteiger partial charge < -0.3 is 9.80 Å². The second kappa shape index (κ2) is 7.41. The number of nitro groups is 1. The quantitative estimate of drug-likeness (QED) is 0.260. The number of rotatable bonds is 3. The zero-order valence-corrected chi connectivity index (χ0v) is 14.1. The molecular formula is C17H12F5N3O3. The molecule has 2 aromatic rings. The van der Waals surface area contributed by atoms with Crippen molar-refractivity contribution in [3.63, 3.8) is 0 Å². The minimum absolute atomic E-state index is 0.0324. The molecule has 0 aliphatic carbocycles. The molecule has 28 heavy (non-hydrogen) atoms. The van der Waals surface area contributed by atoms with Crippen molar-refractivity contribution in [2.24, 2.45) is 0 Å². The summed E-state index contributed by atoms with van der Waals surface area (Å²) < 4.78 is 67.7. The van der Waals surface area contributed by atoms with Gasteiger partial charge in [0.2, 0.25) is 5.82 Å². The molecule has 0 saturated carbocycles. The Labute approximate surface area is 154 Å². The number of hydrogen-bond acceptors (Lipinski definition) is 4. The predicted octanol–water partition coefficient (Wildman–Crippen LogP) is 3.25. The van der Waals surface area contributed by atoms with E-state index in [0.717, 1.165) is 17.0 Å². The Morgan fingerprint density at radius 1 is 0.821 bits per heavy atom. The summed E-state index contributed by atoms with van der Waals surface area (Å²) in [6, 6.07) is 4.88. The number of piperazine rings is 1. The number of nitrogens with zero attached hydrogens (tertiary/aromatic N) is 3. The van der Waals surface area contributed by atoms with Gasteiger partial charge in [-0.1, -0.05) is 0 Å². The van der Waals surface area contributed by atoms with E-state index in [4.69, 9.17) is 0 Å². The largest absolute Gasteiger partial charge is 0.363 e. The second-order valence-electron chi connectivity index (χ2n) is 6.00. The molecule has 1 aliphatic heterocycles. The van der Waals surface area contributed by atoms with Gasteiger partial charge in [-0.15, -0.1) is 0 Å². The number of carbonyl (C=O) groups is 1. The Kier molecular flexibility index (Phi) is 5.16. The number of nitro benzene ring substituents is 1. The fourth-order valence-electron chi connectivity index (χ4n) is 2.91. The highest BCUT2D eigenvalue weighted by Crippen LogP contribution is 2.31. The number of non-ortho nitro benzene ring substituents is 1. The number of amides is 1. The van der Waals surface area contributed by atoms with Gasteiger partial charge in [0, 0.05) is 43.9 Å². The van der Waals surface area contributed by atoms with Crippen LogP contribution in [0.15, 0.2) is 24.3 Å². The molecule has 0 spiro atoms. The molecule has 11 heteroatoms. The number of hydrogen-bond donors (Lipinski definition) is 0. The van der Waals surface area contributed by atoms with Crippen molar-refractivity contribution >= 4 is 17.3 Å². The third-order valence-corrected chi connectivity index (χ3v) is 4.39. The Morgan fingerprint density at radius 3 is 1.75 bits per heavy atom. The summed E-state index contributed by atoms with van der Waals surface area (Å²) in [5.41, 5.74) is -1.04. The Hall–Kier alpha value is -3.24. The molecule has 1 heterocycles. The minimum Gasteiger partial charge on any atom is -0.363 e. The Balaban J connectivity index is 1.75. The van der Waals surface area contributed by atoms with E-state index in [1.807, 2.05) is 0 Å². The molecule has 148 valence electrons. The van der Waals surface area contributed by atoms with Gasteiger partial charge in [0.15, 0.2) is 23.3 Å². The van der Waals surface area contributed by atoms with Gasteiger partial charge in [-0.2, -0.15) is 0 Å². The summed E-state index contributed by atoms with van der Waals surface area (Å²) in [5.74, 6) is -10.6. The fourth-order valence-corrected chi connectivity index (χ4v) is 2.91. The van der Waals surface area contributed by atoms with E-state index in [1.54, 1.807) is 0 Å². The highest BCUT2D eigenvalue weighted by atomic mass is 19.2. The third-order valence-electron chi connectivity index (χ3n) is 4.39. The van der Waals surface area contributed by atoms with Crippen molar-refractivity contribution in [1.29, 1.82) is 0 Å². The fraction of sp³-hybridized carbons (Fsp3) is 0.235. The summed E-state index contributed by atoms with van der Waals surface area (Å²) in [6.07, 6.45) is 0. The van der Waals surface area contributed by atoms with Crippen LogP contribution in [0, 0.1) is 39.2 Å². The van der Waals surface area contributed by atoms with Crippen LogP contribution in [0.25, 0.3) is 0 Å². The second-order valence-corrected chi connectivity index (χ2v) is 6.00. The van der Waals surface area contributed by atoms with Crippen LogP contribution in [0.3, 0.4) is 0 Å². The van der Waals surface area contributed by atoms with Gasteiger partial charge in [0.1, 0.15) is 5.69 Å². The zero-order valence-electron chi connectivity index (χ0n) is 14.1. The molecule has 0 N–H and O–H groups in total. The van der Waals surface area contributed by atoms with Gasteiger partial charge >= 0.3 is 0 Å². The van der Waals surface area contributed by atoms with Gasteiger partial charge in [0.25, 0.3) is 11.6 Å². The van der Waals surface area contributed by atoms with Crippen LogP contribution in [0.2, 0.25) is 0 Å². The molecule has 0 unspecified atom stereocenters. The van der Waals surface area contributed by atoms with E-state index in [0.29, 0.717) is 0 Å². The van der Waals surface area contributed by atoms with Crippen molar-refractivity contribution in [1.82, 2.24) is 4.90 Å². The van der Waals surface area contributed by atoms with E-state index in [2.05, 4.69) is 0 Å². The smallest absolute Gasteiger partial charge is 0.269 e. The molecule has 0 bridgehead atoms. The van der Waals surface area contributed by atoms with Crippen LogP contribution in [0.5, 0.6) is 0 Å². The lowest BCUT2D eigenvalue weighted by Gasteiger charge is -2.36. The third kappa shape index (κ3) is 3.35. The molecular weight excluding hydrogens is 389 g/mol. The predicted molar refractivity (Wildman–Crippen MR) is 87.4 cm³/mol. The lowest BCUT2D eigenvalue weighted by molar-refractivity contribution is -0.384. The topological polar surface area (TPSA) is 66.7 Å². The highest BCUT2D eigenvalue weighted by Gasteiger charge is 2.31. The average molecular weight is 401 g/mol.